The van der Waals surface area contributed by atoms with Gasteiger partial charge in [0, 0.05) is 18.5 Å². The van der Waals surface area contributed by atoms with Gasteiger partial charge in [-0.05, 0) is 62.7 Å². The van der Waals surface area contributed by atoms with E-state index in [1.54, 1.807) is 12.1 Å². The highest BCUT2D eigenvalue weighted by molar-refractivity contribution is 8.01. The van der Waals surface area contributed by atoms with E-state index in [2.05, 4.69) is 22.3 Å². The topological polar surface area (TPSA) is 84.7 Å². The number of allylic oxidation sites excluding steroid dienone is 1. The number of likely N-dealkylation sites (tertiary alicyclic amines) is 1. The number of nitrogens with two attached hydrogens (primary N) is 1. The van der Waals surface area contributed by atoms with Gasteiger partial charge >= 0.3 is 0 Å². The van der Waals surface area contributed by atoms with Gasteiger partial charge in [0.05, 0.1) is 12.3 Å². The number of hydrogen-bond acceptors (Lipinski definition) is 5. The van der Waals surface area contributed by atoms with Crippen molar-refractivity contribution in [1.82, 2.24) is 10.2 Å². The SMILES string of the molecule is CC=CCC(CNC(=O)c1ccccc1)(Oc1cccc(CN2CCCCC2)c1)SCC(N)=O. The highest BCUT2D eigenvalue weighted by Crippen LogP contribution is 2.33. The zero-order valence-electron chi connectivity index (χ0n) is 19.9. The van der Waals surface area contributed by atoms with Crippen molar-refractivity contribution in [2.24, 2.45) is 5.73 Å². The molecule has 0 radical (unpaired) electrons. The van der Waals surface area contributed by atoms with Crippen LogP contribution in [0.2, 0.25) is 0 Å². The van der Waals surface area contributed by atoms with Crippen molar-refractivity contribution in [3.05, 3.63) is 77.9 Å². The zero-order chi connectivity index (χ0) is 24.2. The molecule has 0 bridgehead atoms. The van der Waals surface area contributed by atoms with Crippen LogP contribution in [-0.4, -0.2) is 47.0 Å². The second kappa shape index (κ2) is 13.2. The van der Waals surface area contributed by atoms with Gasteiger partial charge in [-0.2, -0.15) is 0 Å². The summed E-state index contributed by atoms with van der Waals surface area (Å²) in [6, 6.07) is 17.2. The number of carbonyl (C=O) groups is 2. The lowest BCUT2D eigenvalue weighted by atomic mass is 10.1. The molecule has 1 unspecified atom stereocenters. The number of amides is 2. The summed E-state index contributed by atoms with van der Waals surface area (Å²) in [6.07, 6.45) is 8.22. The van der Waals surface area contributed by atoms with Crippen LogP contribution < -0.4 is 15.8 Å². The summed E-state index contributed by atoms with van der Waals surface area (Å²) in [5, 5.41) is 2.99. The van der Waals surface area contributed by atoms with Gasteiger partial charge in [0.25, 0.3) is 5.91 Å². The average Bonchev–Trinajstić information content (AvgIpc) is 2.86. The minimum absolute atomic E-state index is 0.0895. The predicted octanol–water partition coefficient (Wildman–Crippen LogP) is 4.36. The number of ether oxygens (including phenoxy) is 1. The van der Waals surface area contributed by atoms with Crippen molar-refractivity contribution >= 4 is 23.6 Å². The Bertz CT molecular complexity index is 961. The lowest BCUT2D eigenvalue weighted by Gasteiger charge is -2.33. The molecule has 0 aromatic heterocycles. The Labute approximate surface area is 206 Å². The largest absolute Gasteiger partial charge is 0.474 e. The van der Waals surface area contributed by atoms with Crippen LogP contribution >= 0.6 is 11.8 Å². The molecule has 1 heterocycles. The predicted molar refractivity (Wildman–Crippen MR) is 139 cm³/mol. The Morgan fingerprint density at radius 2 is 1.88 bits per heavy atom. The monoisotopic (exact) mass is 481 g/mol. The first-order valence-corrected chi connectivity index (χ1v) is 12.9. The maximum Gasteiger partial charge on any atom is 0.251 e. The molecule has 0 saturated carbocycles. The molecule has 2 aromatic carbocycles. The molecule has 7 heteroatoms. The van der Waals surface area contributed by atoms with E-state index in [0.717, 1.165) is 19.6 Å². The lowest BCUT2D eigenvalue weighted by molar-refractivity contribution is -0.115. The maximum absolute atomic E-state index is 12.7. The number of rotatable bonds is 12. The number of piperidine rings is 1. The minimum Gasteiger partial charge on any atom is -0.474 e. The zero-order valence-corrected chi connectivity index (χ0v) is 20.7. The van der Waals surface area contributed by atoms with E-state index >= 15 is 0 Å². The van der Waals surface area contributed by atoms with Gasteiger partial charge in [0.15, 0.2) is 4.93 Å². The summed E-state index contributed by atoms with van der Waals surface area (Å²) in [4.78, 5) is 26.0. The first-order valence-electron chi connectivity index (χ1n) is 11.9. The average molecular weight is 482 g/mol. The molecule has 3 rings (SSSR count). The second-order valence-electron chi connectivity index (χ2n) is 8.57. The quantitative estimate of drug-likeness (QED) is 0.348. The van der Waals surface area contributed by atoms with Crippen molar-refractivity contribution in [3.8, 4) is 5.75 Å². The van der Waals surface area contributed by atoms with Crippen LogP contribution in [0.5, 0.6) is 5.75 Å². The third kappa shape index (κ3) is 8.22. The fourth-order valence-corrected chi connectivity index (χ4v) is 4.94. The molecular weight excluding hydrogens is 446 g/mol. The first-order chi connectivity index (χ1) is 16.5. The molecule has 1 fully saturated rings. The molecular formula is C27H35N3O3S. The van der Waals surface area contributed by atoms with Crippen LogP contribution in [0.3, 0.4) is 0 Å². The van der Waals surface area contributed by atoms with Gasteiger partial charge in [-0.1, -0.05) is 48.9 Å². The van der Waals surface area contributed by atoms with E-state index < -0.39 is 10.8 Å². The molecule has 2 aromatic rings. The molecule has 182 valence electrons. The third-order valence-corrected chi connectivity index (χ3v) is 7.10. The fourth-order valence-electron chi connectivity index (χ4n) is 3.99. The van der Waals surface area contributed by atoms with Crippen LogP contribution in [0.4, 0.5) is 0 Å². The van der Waals surface area contributed by atoms with Gasteiger partial charge in [0.2, 0.25) is 5.91 Å². The lowest BCUT2D eigenvalue weighted by Crippen LogP contribution is -2.45. The number of carbonyl (C=O) groups excluding carboxylic acids is 2. The Hall–Kier alpha value is -2.77. The highest BCUT2D eigenvalue weighted by atomic mass is 32.2. The van der Waals surface area contributed by atoms with Crippen molar-refractivity contribution in [1.29, 1.82) is 0 Å². The summed E-state index contributed by atoms with van der Waals surface area (Å²) >= 11 is 1.32. The van der Waals surface area contributed by atoms with Crippen LogP contribution in [0.25, 0.3) is 0 Å². The summed E-state index contributed by atoms with van der Waals surface area (Å²) in [7, 11) is 0. The van der Waals surface area contributed by atoms with Crippen molar-refractivity contribution in [3.63, 3.8) is 0 Å². The number of benzene rings is 2. The van der Waals surface area contributed by atoms with Crippen molar-refractivity contribution in [2.75, 3.05) is 25.4 Å². The normalized spacial score (nSPS) is 16.1. The number of nitrogens with one attached hydrogen (secondary N) is 1. The Kier molecular flexibility index (Phi) is 10.0. The minimum atomic E-state index is -0.879. The molecule has 34 heavy (non-hydrogen) atoms. The van der Waals surface area contributed by atoms with Crippen molar-refractivity contribution in [2.45, 2.75) is 44.1 Å². The van der Waals surface area contributed by atoms with Gasteiger partial charge in [0.1, 0.15) is 5.75 Å². The van der Waals surface area contributed by atoms with Gasteiger partial charge in [-0.25, -0.2) is 0 Å². The number of hydrogen-bond donors (Lipinski definition) is 2. The maximum atomic E-state index is 12.7. The summed E-state index contributed by atoms with van der Waals surface area (Å²) in [5.41, 5.74) is 7.23. The van der Waals surface area contributed by atoms with Crippen LogP contribution in [0.1, 0.15) is 48.5 Å². The van der Waals surface area contributed by atoms with Gasteiger partial charge < -0.3 is 15.8 Å². The summed E-state index contributed by atoms with van der Waals surface area (Å²) in [5.74, 6) is 0.191. The van der Waals surface area contributed by atoms with Crippen LogP contribution in [0.15, 0.2) is 66.7 Å². The van der Waals surface area contributed by atoms with Gasteiger partial charge in [-0.3, -0.25) is 14.5 Å². The Morgan fingerprint density at radius 3 is 2.59 bits per heavy atom. The molecule has 0 spiro atoms. The third-order valence-electron chi connectivity index (χ3n) is 5.75. The van der Waals surface area contributed by atoms with E-state index in [1.807, 2.05) is 49.4 Å². The van der Waals surface area contributed by atoms with Crippen LogP contribution in [0, 0.1) is 0 Å². The second-order valence-corrected chi connectivity index (χ2v) is 9.90. The van der Waals surface area contributed by atoms with Crippen molar-refractivity contribution < 1.29 is 14.3 Å². The molecule has 6 nitrogen and oxygen atoms in total. The van der Waals surface area contributed by atoms with Crippen LogP contribution in [-0.2, 0) is 11.3 Å². The molecule has 1 aliphatic rings. The smallest absolute Gasteiger partial charge is 0.251 e. The molecule has 1 saturated heterocycles. The van der Waals surface area contributed by atoms with E-state index in [9.17, 15) is 9.59 Å². The van der Waals surface area contributed by atoms with E-state index in [-0.39, 0.29) is 18.2 Å². The Balaban J connectivity index is 1.79. The molecule has 0 aliphatic carbocycles. The number of primary amides is 1. The molecule has 3 N–H and O–H groups in total. The molecule has 1 aliphatic heterocycles. The summed E-state index contributed by atoms with van der Waals surface area (Å²) < 4.78 is 6.54. The molecule has 2 amide bonds. The molecule has 1 atom stereocenters. The fraction of sp³-hybridized carbons (Fsp3) is 0.407. The highest BCUT2D eigenvalue weighted by Gasteiger charge is 2.33. The van der Waals surface area contributed by atoms with E-state index in [1.165, 1.54) is 36.6 Å². The standard InChI is InChI=1S/C27H35N3O3S/c1-2-3-15-27(34-20-25(28)31,21-29-26(32)23-12-6-4-7-13-23)33-24-14-10-11-22(18-24)19-30-16-8-5-9-17-30/h2-4,6-7,10-14,18H,5,8-9,15-17,19-21H2,1H3,(H2,28,31)(H,29,32). The Morgan fingerprint density at radius 1 is 1.12 bits per heavy atom. The van der Waals surface area contributed by atoms with Gasteiger partial charge in [-0.15, -0.1) is 11.8 Å². The van der Waals surface area contributed by atoms with E-state index in [0.29, 0.717) is 17.7 Å². The first kappa shape index (κ1) is 25.8. The van der Waals surface area contributed by atoms with E-state index in [4.69, 9.17) is 10.5 Å². The summed E-state index contributed by atoms with van der Waals surface area (Å²) in [6.45, 7) is 5.29. The number of nitrogens with zero attached hydrogens (tertiary/aromatic N) is 1. The number of thioether (sulfide) groups is 1.